The minimum Gasteiger partial charge on any atom is -0.493 e. The van der Waals surface area contributed by atoms with Crippen molar-refractivity contribution in [2.24, 2.45) is 0 Å². The highest BCUT2D eigenvalue weighted by molar-refractivity contribution is 5.31. The molecule has 1 N–H and O–H groups in total. The van der Waals surface area contributed by atoms with Gasteiger partial charge in [0.15, 0.2) is 5.75 Å². The second-order valence-electron chi connectivity index (χ2n) is 4.75. The van der Waals surface area contributed by atoms with E-state index in [1.807, 2.05) is 18.7 Å². The molecule has 5 nitrogen and oxygen atoms in total. The Morgan fingerprint density at radius 3 is 2.94 bits per heavy atom. The molecular weight excluding hydrogens is 218 g/mol. The molecule has 0 bridgehead atoms. The van der Waals surface area contributed by atoms with Crippen LogP contribution in [0.5, 0.6) is 5.75 Å². The predicted octanol–water partition coefficient (Wildman–Crippen LogP) is 0.825. The van der Waals surface area contributed by atoms with E-state index in [4.69, 9.17) is 4.74 Å². The number of β-amino-alcohol motifs (C(OH)–C–C–N with tert-alkyl or cyclic N) is 1. The molecule has 1 unspecified atom stereocenters. The van der Waals surface area contributed by atoms with E-state index >= 15 is 0 Å². The third kappa shape index (κ3) is 2.17. The van der Waals surface area contributed by atoms with Gasteiger partial charge in [0.2, 0.25) is 0 Å². The molecule has 0 spiro atoms. The van der Waals surface area contributed by atoms with Crippen LogP contribution in [0.1, 0.15) is 25.5 Å². The Morgan fingerprint density at radius 2 is 2.35 bits per heavy atom. The van der Waals surface area contributed by atoms with Crippen LogP contribution in [0.25, 0.3) is 0 Å². The molecule has 17 heavy (non-hydrogen) atoms. The topological polar surface area (TPSA) is 50.5 Å². The smallest absolute Gasteiger partial charge is 0.162 e. The summed E-state index contributed by atoms with van der Waals surface area (Å²) < 4.78 is 7.15. The van der Waals surface area contributed by atoms with Crippen LogP contribution in [-0.2, 0) is 12.1 Å². The molecule has 0 amide bonds. The van der Waals surface area contributed by atoms with E-state index in [0.29, 0.717) is 12.3 Å². The molecule has 2 rings (SSSR count). The van der Waals surface area contributed by atoms with Gasteiger partial charge in [0.25, 0.3) is 0 Å². The molecule has 96 valence electrons. The van der Waals surface area contributed by atoms with Gasteiger partial charge in [0, 0.05) is 13.1 Å². The summed E-state index contributed by atoms with van der Waals surface area (Å²) in [5.41, 5.74) is -0.0285. The average molecular weight is 239 g/mol. The number of methoxy groups -OCH3 is 1. The van der Waals surface area contributed by atoms with E-state index in [1.54, 1.807) is 13.3 Å². The van der Waals surface area contributed by atoms with Gasteiger partial charge in [-0.25, -0.2) is 0 Å². The maximum atomic E-state index is 10.8. The van der Waals surface area contributed by atoms with E-state index in [9.17, 15) is 5.11 Å². The molecule has 1 aliphatic heterocycles. The Morgan fingerprint density at radius 1 is 1.59 bits per heavy atom. The summed E-state index contributed by atoms with van der Waals surface area (Å²) >= 11 is 0. The largest absolute Gasteiger partial charge is 0.493 e. The Bertz CT molecular complexity index is 370. The lowest BCUT2D eigenvalue weighted by molar-refractivity contribution is -0.0360. The molecule has 0 radical (unpaired) electrons. The van der Waals surface area contributed by atoms with Crippen molar-refractivity contribution in [3.8, 4) is 5.75 Å². The van der Waals surface area contributed by atoms with Crippen molar-refractivity contribution in [2.45, 2.75) is 31.9 Å². The third-order valence-electron chi connectivity index (χ3n) is 3.43. The number of rotatable bonds is 3. The van der Waals surface area contributed by atoms with Crippen LogP contribution in [0.4, 0.5) is 0 Å². The highest BCUT2D eigenvalue weighted by Crippen LogP contribution is 2.36. The normalized spacial score (nSPS) is 26.1. The van der Waals surface area contributed by atoms with Crippen molar-refractivity contribution in [2.75, 3.05) is 27.2 Å². The molecule has 0 aliphatic carbocycles. The van der Waals surface area contributed by atoms with E-state index < -0.39 is 5.60 Å². The van der Waals surface area contributed by atoms with Crippen molar-refractivity contribution >= 4 is 0 Å². The molecule has 0 aromatic carbocycles. The number of piperidine rings is 1. The number of ether oxygens (including phenoxy) is 1. The lowest BCUT2D eigenvalue weighted by Crippen LogP contribution is -2.45. The van der Waals surface area contributed by atoms with E-state index in [1.165, 1.54) is 0 Å². The highest BCUT2D eigenvalue weighted by atomic mass is 16.5. The zero-order valence-electron chi connectivity index (χ0n) is 10.8. The molecule has 1 aliphatic rings. The summed E-state index contributed by atoms with van der Waals surface area (Å²) in [6.07, 6.45) is 3.44. The van der Waals surface area contributed by atoms with Crippen LogP contribution in [0.15, 0.2) is 6.20 Å². The minimum absolute atomic E-state index is 0.634. The van der Waals surface area contributed by atoms with Crippen molar-refractivity contribution in [1.29, 1.82) is 0 Å². The number of likely N-dealkylation sites (N-methyl/N-ethyl adjacent to an activating group) is 1. The second-order valence-corrected chi connectivity index (χ2v) is 4.75. The van der Waals surface area contributed by atoms with Crippen LogP contribution in [0.2, 0.25) is 0 Å². The first-order valence-corrected chi connectivity index (χ1v) is 6.12. The molecular formula is C12H21N3O2. The van der Waals surface area contributed by atoms with Crippen LogP contribution < -0.4 is 4.74 Å². The second kappa shape index (κ2) is 4.66. The third-order valence-corrected chi connectivity index (χ3v) is 3.43. The quantitative estimate of drug-likeness (QED) is 0.848. The van der Waals surface area contributed by atoms with Gasteiger partial charge in [-0.3, -0.25) is 4.68 Å². The Balaban J connectivity index is 2.39. The lowest BCUT2D eigenvalue weighted by atomic mass is 9.89. The summed E-state index contributed by atoms with van der Waals surface area (Å²) in [6, 6.07) is 0. The number of hydrogen-bond acceptors (Lipinski definition) is 4. The first-order valence-electron chi connectivity index (χ1n) is 6.12. The first-order chi connectivity index (χ1) is 8.10. The van der Waals surface area contributed by atoms with Crippen LogP contribution in [-0.4, -0.2) is 47.0 Å². The molecule has 1 aromatic rings. The van der Waals surface area contributed by atoms with Crippen LogP contribution in [0, 0.1) is 0 Å². The zero-order chi connectivity index (χ0) is 12.5. The average Bonchev–Trinajstić information content (AvgIpc) is 2.72. The Labute approximate surface area is 102 Å². The molecule has 2 heterocycles. The number of nitrogens with zero attached hydrogens (tertiary/aromatic N) is 3. The molecule has 1 atom stereocenters. The Kier molecular flexibility index (Phi) is 3.40. The number of likely N-dealkylation sites (tertiary alicyclic amines) is 1. The molecule has 0 saturated carbocycles. The molecule has 1 saturated heterocycles. The fourth-order valence-corrected chi connectivity index (χ4v) is 2.67. The van der Waals surface area contributed by atoms with Crippen molar-refractivity contribution < 1.29 is 9.84 Å². The molecule has 1 fully saturated rings. The minimum atomic E-state index is -0.842. The van der Waals surface area contributed by atoms with Gasteiger partial charge in [-0.15, -0.1) is 0 Å². The standard InChI is InChI=1S/C12H21N3O2/c1-4-15-11(10(17-3)8-13-15)12(16)6-5-7-14(2)9-12/h8,16H,4-7,9H2,1-3H3. The van der Waals surface area contributed by atoms with Gasteiger partial charge in [0.1, 0.15) is 11.3 Å². The number of aliphatic hydroxyl groups is 1. The van der Waals surface area contributed by atoms with Crippen molar-refractivity contribution in [3.63, 3.8) is 0 Å². The van der Waals surface area contributed by atoms with E-state index in [2.05, 4.69) is 10.00 Å². The van der Waals surface area contributed by atoms with Crippen LogP contribution >= 0.6 is 0 Å². The predicted molar refractivity (Wildman–Crippen MR) is 65.1 cm³/mol. The molecule has 1 aromatic heterocycles. The highest BCUT2D eigenvalue weighted by Gasteiger charge is 2.39. The SMILES string of the molecule is CCn1ncc(OC)c1C1(O)CCCN(C)C1. The van der Waals surface area contributed by atoms with Gasteiger partial charge in [-0.05, 0) is 33.4 Å². The summed E-state index contributed by atoms with van der Waals surface area (Å²) in [4.78, 5) is 2.15. The van der Waals surface area contributed by atoms with Gasteiger partial charge in [0.05, 0.1) is 13.3 Å². The first kappa shape index (κ1) is 12.4. The maximum absolute atomic E-state index is 10.8. The number of hydrogen-bond donors (Lipinski definition) is 1. The fraction of sp³-hybridized carbons (Fsp3) is 0.750. The van der Waals surface area contributed by atoms with Gasteiger partial charge in [-0.1, -0.05) is 0 Å². The monoisotopic (exact) mass is 239 g/mol. The van der Waals surface area contributed by atoms with Gasteiger partial charge < -0.3 is 14.7 Å². The van der Waals surface area contributed by atoms with Crippen LogP contribution in [0.3, 0.4) is 0 Å². The van der Waals surface area contributed by atoms with E-state index in [-0.39, 0.29) is 0 Å². The Hall–Kier alpha value is -1.07. The van der Waals surface area contributed by atoms with Crippen molar-refractivity contribution in [3.05, 3.63) is 11.9 Å². The maximum Gasteiger partial charge on any atom is 0.162 e. The summed E-state index contributed by atoms with van der Waals surface area (Å²) in [6.45, 7) is 4.43. The summed E-state index contributed by atoms with van der Waals surface area (Å²) in [7, 11) is 3.65. The number of aromatic nitrogens is 2. The van der Waals surface area contributed by atoms with E-state index in [0.717, 1.165) is 31.6 Å². The molecule has 5 heteroatoms. The van der Waals surface area contributed by atoms with Crippen molar-refractivity contribution in [1.82, 2.24) is 14.7 Å². The van der Waals surface area contributed by atoms with Gasteiger partial charge >= 0.3 is 0 Å². The summed E-state index contributed by atoms with van der Waals surface area (Å²) in [5.74, 6) is 0.685. The lowest BCUT2D eigenvalue weighted by Gasteiger charge is -2.37. The summed E-state index contributed by atoms with van der Waals surface area (Å²) in [5, 5.41) is 15.1. The zero-order valence-corrected chi connectivity index (χ0v) is 10.8. The fourth-order valence-electron chi connectivity index (χ4n) is 2.67. The number of aryl methyl sites for hydroxylation is 1. The van der Waals surface area contributed by atoms with Gasteiger partial charge in [-0.2, -0.15) is 5.10 Å².